The molecule has 1 atom stereocenters. The lowest BCUT2D eigenvalue weighted by Crippen LogP contribution is -2.47. The molecule has 1 N–H and O–H groups in total. The Labute approximate surface area is 116 Å². The first kappa shape index (κ1) is 13.1. The fourth-order valence-corrected chi connectivity index (χ4v) is 2.55. The number of halogens is 1. The summed E-state index contributed by atoms with van der Waals surface area (Å²) >= 11 is 0.424. The van der Waals surface area contributed by atoms with Crippen LogP contribution in [0.1, 0.15) is 0 Å². The van der Waals surface area contributed by atoms with Gasteiger partial charge in [-0.2, -0.15) is 0 Å². The minimum Gasteiger partial charge on any atom is -0.338 e. The van der Waals surface area contributed by atoms with Crippen molar-refractivity contribution in [3.63, 3.8) is 0 Å². The van der Waals surface area contributed by atoms with E-state index in [1.54, 1.807) is 12.4 Å². The normalized spacial score (nSPS) is 19.3. The lowest BCUT2D eigenvalue weighted by Gasteiger charge is -2.33. The van der Waals surface area contributed by atoms with Crippen LogP contribution in [0.15, 0.2) is 12.4 Å². The van der Waals surface area contributed by atoms with Crippen LogP contribution in [0.3, 0.4) is 0 Å². The van der Waals surface area contributed by atoms with Gasteiger partial charge in [0.05, 0.1) is 0 Å². The van der Waals surface area contributed by atoms with Crippen LogP contribution < -0.4 is 4.90 Å². The van der Waals surface area contributed by atoms with Crippen LogP contribution in [-0.4, -0.2) is 55.7 Å². The second-order valence-corrected chi connectivity index (χ2v) is 5.90. The number of hydrogen-bond donors (Lipinski definition) is 1. The van der Waals surface area contributed by atoms with Gasteiger partial charge in [0.2, 0.25) is 5.95 Å². The first-order valence-corrected chi connectivity index (χ1v) is 7.53. The Balaban J connectivity index is 1.90. The van der Waals surface area contributed by atoms with Crippen molar-refractivity contribution >= 4 is 39.6 Å². The van der Waals surface area contributed by atoms with Gasteiger partial charge in [-0.15, -0.1) is 0 Å². The Morgan fingerprint density at radius 2 is 1.88 bits per heavy atom. The molecule has 1 fully saturated rings. The third-order valence-electron chi connectivity index (χ3n) is 2.55. The summed E-state index contributed by atoms with van der Waals surface area (Å²) < 4.78 is 20.5. The van der Waals surface area contributed by atoms with Crippen molar-refractivity contribution in [3.8, 4) is 0 Å². The zero-order valence-corrected chi connectivity index (χ0v) is 12.1. The topological polar surface area (TPSA) is 69.6 Å². The molecule has 0 spiro atoms. The van der Waals surface area contributed by atoms with E-state index in [9.17, 15) is 4.21 Å². The quantitative estimate of drug-likeness (QED) is 0.615. The molecule has 0 radical (unpaired) electrons. The third kappa shape index (κ3) is 3.83. The van der Waals surface area contributed by atoms with E-state index < -0.39 is 11.1 Å². The van der Waals surface area contributed by atoms with Gasteiger partial charge in [-0.05, 0) is 22.6 Å². The van der Waals surface area contributed by atoms with Crippen LogP contribution >= 0.6 is 22.6 Å². The van der Waals surface area contributed by atoms with Gasteiger partial charge < -0.3 is 9.45 Å². The number of nitrogens with zero attached hydrogens (tertiary/aromatic N) is 4. The van der Waals surface area contributed by atoms with Crippen LogP contribution in [0.4, 0.5) is 5.95 Å². The maximum atomic E-state index is 10.7. The molecule has 0 bridgehead atoms. The molecule has 2 heterocycles. The van der Waals surface area contributed by atoms with Crippen LogP contribution in [0.2, 0.25) is 0 Å². The summed E-state index contributed by atoms with van der Waals surface area (Å²) in [5.41, 5.74) is 0. The predicted molar refractivity (Wildman–Crippen MR) is 74.2 cm³/mol. The minimum atomic E-state index is -1.75. The molecule has 0 amide bonds. The summed E-state index contributed by atoms with van der Waals surface area (Å²) in [6, 6.07) is 0. The summed E-state index contributed by atoms with van der Waals surface area (Å²) in [4.78, 5) is 12.6. The molecule has 1 aliphatic heterocycles. The van der Waals surface area contributed by atoms with Crippen molar-refractivity contribution in [2.45, 2.75) is 0 Å². The SMILES string of the molecule is O=S(O)CN1CCN(c2ncc(I)cn2)CC1. The Morgan fingerprint density at radius 1 is 1.29 bits per heavy atom. The fraction of sp³-hybridized carbons (Fsp3) is 0.556. The van der Waals surface area contributed by atoms with Gasteiger partial charge in [0, 0.05) is 42.1 Å². The highest BCUT2D eigenvalue weighted by Crippen LogP contribution is 2.11. The Bertz CT molecular complexity index is 394. The van der Waals surface area contributed by atoms with E-state index >= 15 is 0 Å². The van der Waals surface area contributed by atoms with Gasteiger partial charge in [0.15, 0.2) is 11.1 Å². The van der Waals surface area contributed by atoms with Gasteiger partial charge in [-0.1, -0.05) is 0 Å². The van der Waals surface area contributed by atoms with Gasteiger partial charge in [-0.25, -0.2) is 14.2 Å². The number of piperazine rings is 1. The predicted octanol–water partition coefficient (Wildman–Crippen LogP) is 0.382. The molecule has 1 aliphatic rings. The van der Waals surface area contributed by atoms with E-state index in [0.29, 0.717) is 0 Å². The van der Waals surface area contributed by atoms with Crippen molar-refractivity contribution in [2.24, 2.45) is 0 Å². The van der Waals surface area contributed by atoms with Crippen LogP contribution in [0.5, 0.6) is 0 Å². The third-order valence-corrected chi connectivity index (χ3v) is 3.70. The zero-order chi connectivity index (χ0) is 12.3. The summed E-state index contributed by atoms with van der Waals surface area (Å²) in [5, 5.41) is 0. The van der Waals surface area contributed by atoms with Gasteiger partial charge in [0.25, 0.3) is 0 Å². The number of hydrogen-bond acceptors (Lipinski definition) is 5. The second kappa shape index (κ2) is 6.03. The van der Waals surface area contributed by atoms with E-state index in [1.165, 1.54) is 0 Å². The molecule has 17 heavy (non-hydrogen) atoms. The Hall–Kier alpha value is -0.320. The number of anilines is 1. The van der Waals surface area contributed by atoms with E-state index in [-0.39, 0.29) is 5.88 Å². The largest absolute Gasteiger partial charge is 0.338 e. The monoisotopic (exact) mass is 368 g/mol. The molecule has 1 aromatic rings. The molecule has 94 valence electrons. The van der Waals surface area contributed by atoms with Crippen molar-refractivity contribution in [1.82, 2.24) is 14.9 Å². The minimum absolute atomic E-state index is 0.224. The molecule has 1 unspecified atom stereocenters. The fourth-order valence-electron chi connectivity index (χ4n) is 1.70. The van der Waals surface area contributed by atoms with Crippen molar-refractivity contribution < 1.29 is 8.76 Å². The number of rotatable bonds is 3. The van der Waals surface area contributed by atoms with E-state index in [0.717, 1.165) is 35.7 Å². The van der Waals surface area contributed by atoms with Crippen molar-refractivity contribution in [3.05, 3.63) is 16.0 Å². The highest BCUT2D eigenvalue weighted by Gasteiger charge is 2.19. The Morgan fingerprint density at radius 3 is 2.41 bits per heavy atom. The first-order chi connectivity index (χ1) is 8.15. The molecular weight excluding hydrogens is 355 g/mol. The maximum absolute atomic E-state index is 10.7. The Kier molecular flexibility index (Phi) is 4.65. The highest BCUT2D eigenvalue weighted by molar-refractivity contribution is 14.1. The van der Waals surface area contributed by atoms with E-state index in [4.69, 9.17) is 4.55 Å². The first-order valence-electron chi connectivity index (χ1n) is 5.17. The lowest BCUT2D eigenvalue weighted by molar-refractivity contribution is 0.291. The number of aromatic nitrogens is 2. The van der Waals surface area contributed by atoms with Crippen LogP contribution in [0.25, 0.3) is 0 Å². The smallest absolute Gasteiger partial charge is 0.225 e. The van der Waals surface area contributed by atoms with Crippen LogP contribution in [0, 0.1) is 3.57 Å². The molecule has 0 aromatic carbocycles. The van der Waals surface area contributed by atoms with Gasteiger partial charge >= 0.3 is 0 Å². The van der Waals surface area contributed by atoms with Gasteiger partial charge in [0.1, 0.15) is 5.88 Å². The van der Waals surface area contributed by atoms with E-state index in [2.05, 4.69) is 37.5 Å². The molecule has 0 aliphatic carbocycles. The summed E-state index contributed by atoms with van der Waals surface area (Å²) in [6.45, 7) is 3.11. The summed E-state index contributed by atoms with van der Waals surface area (Å²) in [7, 11) is 0. The highest BCUT2D eigenvalue weighted by atomic mass is 127. The second-order valence-electron chi connectivity index (χ2n) is 3.76. The molecule has 0 saturated carbocycles. The average Bonchev–Trinajstić information content (AvgIpc) is 2.30. The molecular formula is C9H13IN4O2S. The zero-order valence-electron chi connectivity index (χ0n) is 9.12. The average molecular weight is 368 g/mol. The maximum Gasteiger partial charge on any atom is 0.225 e. The van der Waals surface area contributed by atoms with E-state index in [1.807, 2.05) is 4.90 Å². The summed E-state index contributed by atoms with van der Waals surface area (Å²) in [6.07, 6.45) is 3.58. The molecule has 8 heteroatoms. The van der Waals surface area contributed by atoms with Crippen molar-refractivity contribution in [2.75, 3.05) is 37.0 Å². The lowest BCUT2D eigenvalue weighted by atomic mass is 10.3. The van der Waals surface area contributed by atoms with Gasteiger partial charge in [-0.3, -0.25) is 4.90 Å². The molecule has 6 nitrogen and oxygen atoms in total. The van der Waals surface area contributed by atoms with Crippen molar-refractivity contribution in [1.29, 1.82) is 0 Å². The van der Waals surface area contributed by atoms with Crippen LogP contribution in [-0.2, 0) is 11.1 Å². The summed E-state index contributed by atoms with van der Waals surface area (Å²) in [5.74, 6) is 0.955. The molecule has 1 aromatic heterocycles. The standard InChI is InChI=1S/C9H13IN4O2S/c10-8-5-11-9(12-6-8)14-3-1-13(2-4-14)7-17(15)16/h5-6H,1-4,7H2,(H,15,16). The molecule has 1 saturated heterocycles. The molecule has 2 rings (SSSR count).